The van der Waals surface area contributed by atoms with Crippen molar-refractivity contribution in [3.05, 3.63) is 81.7 Å². The summed E-state index contributed by atoms with van der Waals surface area (Å²) < 4.78 is 12.0. The normalized spacial score (nSPS) is 10.6. The zero-order valence-corrected chi connectivity index (χ0v) is 13.4. The van der Waals surface area contributed by atoms with Crippen LogP contribution in [0, 0.1) is 13.8 Å². The van der Waals surface area contributed by atoms with E-state index in [0.717, 1.165) is 11.3 Å². The fourth-order valence-electron chi connectivity index (χ4n) is 2.45. The van der Waals surface area contributed by atoms with E-state index >= 15 is 0 Å². The Morgan fingerprint density at radius 2 is 2.00 bits per heavy atom. The fraction of sp³-hybridized carbons (Fsp3) is 0.167. The van der Waals surface area contributed by atoms with Crippen LogP contribution in [-0.4, -0.2) is 15.7 Å². The molecule has 0 fully saturated rings. The highest BCUT2D eigenvalue weighted by Crippen LogP contribution is 2.14. The Bertz CT molecular complexity index is 883. The molecule has 24 heavy (non-hydrogen) atoms. The Hall–Kier alpha value is -3.15. The van der Waals surface area contributed by atoms with Crippen LogP contribution in [0.25, 0.3) is 5.69 Å². The molecule has 2 heterocycles. The van der Waals surface area contributed by atoms with Crippen LogP contribution in [0.3, 0.4) is 0 Å². The molecule has 0 saturated carbocycles. The van der Waals surface area contributed by atoms with Crippen molar-refractivity contribution in [3.63, 3.8) is 0 Å². The minimum Gasteiger partial charge on any atom is -0.457 e. The average Bonchev–Trinajstić information content (AvgIpc) is 3.07. The summed E-state index contributed by atoms with van der Waals surface area (Å²) in [5.41, 5.74) is 2.14. The predicted octanol–water partition coefficient (Wildman–Crippen LogP) is 2.80. The van der Waals surface area contributed by atoms with Gasteiger partial charge in [0.05, 0.1) is 5.69 Å². The van der Waals surface area contributed by atoms with Gasteiger partial charge < -0.3 is 9.15 Å². The Morgan fingerprint density at radius 3 is 2.62 bits per heavy atom. The van der Waals surface area contributed by atoms with E-state index in [2.05, 4.69) is 5.10 Å². The van der Waals surface area contributed by atoms with Crippen molar-refractivity contribution in [3.8, 4) is 5.69 Å². The number of aromatic nitrogens is 2. The van der Waals surface area contributed by atoms with Crippen LogP contribution < -0.4 is 5.63 Å². The van der Waals surface area contributed by atoms with Gasteiger partial charge in [0.25, 0.3) is 0 Å². The molecule has 122 valence electrons. The Kier molecular flexibility index (Phi) is 4.29. The van der Waals surface area contributed by atoms with Crippen LogP contribution >= 0.6 is 0 Å². The van der Waals surface area contributed by atoms with Gasteiger partial charge in [-0.1, -0.05) is 12.1 Å². The second-order valence-electron chi connectivity index (χ2n) is 5.37. The van der Waals surface area contributed by atoms with Crippen molar-refractivity contribution in [2.75, 3.05) is 0 Å². The molecular formula is C18H16N2O4. The SMILES string of the molecule is Cc1cc(=O)oc(C)c1C(=O)OCc1ccc(-n2cccn2)cc1. The van der Waals surface area contributed by atoms with Gasteiger partial charge in [-0.2, -0.15) is 5.10 Å². The largest absolute Gasteiger partial charge is 0.457 e. The molecule has 6 nitrogen and oxygen atoms in total. The lowest BCUT2D eigenvalue weighted by atomic mass is 10.1. The van der Waals surface area contributed by atoms with Crippen molar-refractivity contribution in [1.82, 2.24) is 9.78 Å². The lowest BCUT2D eigenvalue weighted by Gasteiger charge is -2.09. The molecule has 1 aromatic carbocycles. The molecule has 0 spiro atoms. The molecular weight excluding hydrogens is 308 g/mol. The molecule has 3 rings (SSSR count). The number of hydrogen-bond donors (Lipinski definition) is 0. The quantitative estimate of drug-likeness (QED) is 0.690. The number of hydrogen-bond acceptors (Lipinski definition) is 5. The summed E-state index contributed by atoms with van der Waals surface area (Å²) in [5, 5.41) is 4.15. The summed E-state index contributed by atoms with van der Waals surface area (Å²) in [6.45, 7) is 3.39. The van der Waals surface area contributed by atoms with Gasteiger partial charge in [-0.05, 0) is 43.2 Å². The van der Waals surface area contributed by atoms with Gasteiger partial charge >= 0.3 is 11.6 Å². The molecule has 0 aliphatic carbocycles. The van der Waals surface area contributed by atoms with Crippen LogP contribution in [0.2, 0.25) is 0 Å². The molecule has 3 aromatic rings. The van der Waals surface area contributed by atoms with E-state index < -0.39 is 11.6 Å². The maximum atomic E-state index is 12.2. The maximum absolute atomic E-state index is 12.2. The van der Waals surface area contributed by atoms with E-state index in [1.807, 2.05) is 36.5 Å². The summed E-state index contributed by atoms with van der Waals surface area (Å²) in [5.74, 6) is -0.246. The fourth-order valence-corrected chi connectivity index (χ4v) is 2.45. The van der Waals surface area contributed by atoms with Crippen molar-refractivity contribution < 1.29 is 13.9 Å². The van der Waals surface area contributed by atoms with E-state index in [-0.39, 0.29) is 12.4 Å². The molecule has 0 aliphatic rings. The Morgan fingerprint density at radius 1 is 1.25 bits per heavy atom. The minimum absolute atomic E-state index is 0.135. The van der Waals surface area contributed by atoms with Crippen LogP contribution in [0.5, 0.6) is 0 Å². The highest BCUT2D eigenvalue weighted by molar-refractivity contribution is 5.91. The number of ether oxygens (including phenoxy) is 1. The van der Waals surface area contributed by atoms with Crippen molar-refractivity contribution in [1.29, 1.82) is 0 Å². The zero-order valence-electron chi connectivity index (χ0n) is 13.4. The van der Waals surface area contributed by atoms with Crippen LogP contribution in [0.1, 0.15) is 27.2 Å². The summed E-state index contributed by atoms with van der Waals surface area (Å²) in [6, 6.07) is 10.7. The highest BCUT2D eigenvalue weighted by atomic mass is 16.5. The summed E-state index contributed by atoms with van der Waals surface area (Å²) >= 11 is 0. The molecule has 0 aliphatic heterocycles. The van der Waals surface area contributed by atoms with Crippen LogP contribution in [0.4, 0.5) is 0 Å². The van der Waals surface area contributed by atoms with Crippen LogP contribution in [-0.2, 0) is 11.3 Å². The third-order valence-electron chi connectivity index (χ3n) is 3.61. The lowest BCUT2D eigenvalue weighted by molar-refractivity contribution is 0.0467. The van der Waals surface area contributed by atoms with Gasteiger partial charge in [0.2, 0.25) is 0 Å². The van der Waals surface area contributed by atoms with Crippen LogP contribution in [0.15, 0.2) is 58.0 Å². The van der Waals surface area contributed by atoms with E-state index in [4.69, 9.17) is 9.15 Å². The number of benzene rings is 1. The molecule has 0 unspecified atom stereocenters. The van der Waals surface area contributed by atoms with Gasteiger partial charge in [0.15, 0.2) is 0 Å². The predicted molar refractivity (Wildman–Crippen MR) is 87.1 cm³/mol. The number of carbonyl (C=O) groups excluding carboxylic acids is 1. The molecule has 6 heteroatoms. The average molecular weight is 324 g/mol. The van der Waals surface area contributed by atoms with E-state index in [0.29, 0.717) is 11.1 Å². The first-order valence-corrected chi connectivity index (χ1v) is 7.42. The molecule has 0 amide bonds. The van der Waals surface area contributed by atoms with Gasteiger partial charge in [-0.25, -0.2) is 14.3 Å². The van der Waals surface area contributed by atoms with Crippen molar-refractivity contribution in [2.24, 2.45) is 0 Å². The number of nitrogens with zero attached hydrogens (tertiary/aromatic N) is 2. The van der Waals surface area contributed by atoms with Gasteiger partial charge in [0.1, 0.15) is 17.9 Å². The second-order valence-corrected chi connectivity index (χ2v) is 5.37. The zero-order chi connectivity index (χ0) is 17.1. The number of esters is 1. The number of aryl methyl sites for hydroxylation is 2. The van der Waals surface area contributed by atoms with Crippen molar-refractivity contribution >= 4 is 5.97 Å². The molecule has 0 N–H and O–H groups in total. The molecule has 0 radical (unpaired) electrons. The van der Waals surface area contributed by atoms with Gasteiger partial charge in [-0.15, -0.1) is 0 Å². The molecule has 0 atom stereocenters. The standard InChI is InChI=1S/C18H16N2O4/c1-12-10-16(21)24-13(2)17(12)18(22)23-11-14-4-6-15(7-5-14)20-9-3-8-19-20/h3-10H,11H2,1-2H3. The Labute approximate surface area is 138 Å². The number of rotatable bonds is 4. The smallest absolute Gasteiger partial charge is 0.342 e. The monoisotopic (exact) mass is 324 g/mol. The summed E-state index contributed by atoms with van der Waals surface area (Å²) in [6.07, 6.45) is 3.56. The van der Waals surface area contributed by atoms with Gasteiger partial charge in [-0.3, -0.25) is 0 Å². The van der Waals surface area contributed by atoms with Crippen molar-refractivity contribution in [2.45, 2.75) is 20.5 Å². The van der Waals surface area contributed by atoms with E-state index in [9.17, 15) is 9.59 Å². The first-order valence-electron chi connectivity index (χ1n) is 7.42. The van der Waals surface area contributed by atoms with E-state index in [1.165, 1.54) is 6.07 Å². The first kappa shape index (κ1) is 15.7. The third-order valence-corrected chi connectivity index (χ3v) is 3.61. The topological polar surface area (TPSA) is 74.3 Å². The first-order chi connectivity index (χ1) is 11.5. The molecule has 2 aromatic heterocycles. The summed E-state index contributed by atoms with van der Waals surface area (Å²) in [4.78, 5) is 23.5. The highest BCUT2D eigenvalue weighted by Gasteiger charge is 2.16. The van der Waals surface area contributed by atoms with E-state index in [1.54, 1.807) is 24.7 Å². The second kappa shape index (κ2) is 6.54. The summed E-state index contributed by atoms with van der Waals surface area (Å²) in [7, 11) is 0. The number of carbonyl (C=O) groups is 1. The van der Waals surface area contributed by atoms with Gasteiger partial charge in [0, 0.05) is 18.5 Å². The minimum atomic E-state index is -0.509. The molecule has 0 saturated heterocycles. The molecule has 0 bridgehead atoms. The lowest BCUT2D eigenvalue weighted by Crippen LogP contribution is -2.12. The third kappa shape index (κ3) is 3.27. The maximum Gasteiger partial charge on any atom is 0.342 e. The Balaban J connectivity index is 1.70.